The van der Waals surface area contributed by atoms with Crippen LogP contribution in [0.5, 0.6) is 5.75 Å². The molecule has 0 unspecified atom stereocenters. The molecule has 1 rings (SSSR count). The number of aromatic hydroxyl groups is 1. The summed E-state index contributed by atoms with van der Waals surface area (Å²) in [7, 11) is 0. The Labute approximate surface area is 77.5 Å². The van der Waals surface area contributed by atoms with Crippen molar-refractivity contribution in [3.8, 4) is 5.75 Å². The number of hydrogen-bond donors (Lipinski definition) is 1. The molecule has 0 spiro atoms. The number of benzene rings is 1. The van der Waals surface area contributed by atoms with E-state index in [4.69, 9.17) is 5.11 Å². The smallest absolute Gasteiger partial charge is 0.133 e. The van der Waals surface area contributed by atoms with Gasteiger partial charge in [-0.05, 0) is 24.6 Å². The van der Waals surface area contributed by atoms with E-state index in [0.29, 0.717) is 6.42 Å². The van der Waals surface area contributed by atoms with Crippen LogP contribution in [0.4, 0.5) is 0 Å². The maximum Gasteiger partial charge on any atom is 0.133 e. The minimum absolute atomic E-state index is 0.148. The van der Waals surface area contributed by atoms with Crippen molar-refractivity contribution in [2.45, 2.75) is 13.3 Å². The summed E-state index contributed by atoms with van der Waals surface area (Å²) in [5, 5.41) is 8.99. The van der Waals surface area contributed by atoms with Gasteiger partial charge in [0.25, 0.3) is 0 Å². The SMILES string of the molecule is CC(=O)C/C=C\c1ccc(O)cc1. The zero-order valence-corrected chi connectivity index (χ0v) is 7.53. The number of carbonyl (C=O) groups is 1. The van der Waals surface area contributed by atoms with Gasteiger partial charge in [-0.3, -0.25) is 4.79 Å². The van der Waals surface area contributed by atoms with E-state index in [1.807, 2.05) is 12.2 Å². The fraction of sp³-hybridized carbons (Fsp3) is 0.182. The average Bonchev–Trinajstić information content (AvgIpc) is 2.08. The van der Waals surface area contributed by atoms with Gasteiger partial charge < -0.3 is 5.11 Å². The van der Waals surface area contributed by atoms with Crippen LogP contribution in [0.2, 0.25) is 0 Å². The number of rotatable bonds is 3. The van der Waals surface area contributed by atoms with E-state index in [1.54, 1.807) is 31.2 Å². The standard InChI is InChI=1S/C11H12O2/c1-9(12)3-2-4-10-5-7-11(13)8-6-10/h2,4-8,13H,3H2,1H3/b4-2-. The van der Waals surface area contributed by atoms with Gasteiger partial charge in [0.2, 0.25) is 0 Å². The largest absolute Gasteiger partial charge is 0.508 e. The number of allylic oxidation sites excluding steroid dienone is 1. The Morgan fingerprint density at radius 2 is 2.00 bits per heavy atom. The van der Waals surface area contributed by atoms with Crippen molar-refractivity contribution in [1.29, 1.82) is 0 Å². The van der Waals surface area contributed by atoms with E-state index < -0.39 is 0 Å². The van der Waals surface area contributed by atoms with Gasteiger partial charge in [-0.2, -0.15) is 0 Å². The first-order chi connectivity index (χ1) is 6.18. The molecule has 0 aromatic heterocycles. The highest BCUT2D eigenvalue weighted by molar-refractivity contribution is 5.78. The van der Waals surface area contributed by atoms with E-state index in [9.17, 15) is 4.79 Å². The molecule has 2 nitrogen and oxygen atoms in total. The fourth-order valence-electron chi connectivity index (χ4n) is 0.946. The van der Waals surface area contributed by atoms with Gasteiger partial charge in [-0.15, -0.1) is 0 Å². The third-order valence-corrected chi connectivity index (χ3v) is 1.61. The molecule has 13 heavy (non-hydrogen) atoms. The molecule has 0 saturated carbocycles. The lowest BCUT2D eigenvalue weighted by Gasteiger charge is -1.93. The first kappa shape index (κ1) is 9.52. The highest BCUT2D eigenvalue weighted by Crippen LogP contribution is 2.10. The van der Waals surface area contributed by atoms with Crippen LogP contribution < -0.4 is 0 Å². The van der Waals surface area contributed by atoms with Gasteiger partial charge in [0, 0.05) is 6.42 Å². The second kappa shape index (κ2) is 4.45. The summed E-state index contributed by atoms with van der Waals surface area (Å²) < 4.78 is 0. The summed E-state index contributed by atoms with van der Waals surface area (Å²) in [5.74, 6) is 0.402. The van der Waals surface area contributed by atoms with Crippen molar-refractivity contribution in [3.05, 3.63) is 35.9 Å². The van der Waals surface area contributed by atoms with Gasteiger partial charge in [0.1, 0.15) is 11.5 Å². The van der Waals surface area contributed by atoms with Crippen molar-refractivity contribution in [2.24, 2.45) is 0 Å². The second-order valence-electron chi connectivity index (χ2n) is 2.90. The molecule has 1 aromatic carbocycles. The van der Waals surface area contributed by atoms with Crippen LogP contribution >= 0.6 is 0 Å². The summed E-state index contributed by atoms with van der Waals surface area (Å²) in [6.45, 7) is 1.56. The Hall–Kier alpha value is -1.57. The highest BCUT2D eigenvalue weighted by Gasteiger charge is 1.89. The van der Waals surface area contributed by atoms with Gasteiger partial charge in [0.15, 0.2) is 0 Å². The number of hydrogen-bond acceptors (Lipinski definition) is 2. The summed E-state index contributed by atoms with van der Waals surface area (Å²) in [6, 6.07) is 6.83. The van der Waals surface area contributed by atoms with Crippen LogP contribution in [-0.4, -0.2) is 10.9 Å². The lowest BCUT2D eigenvalue weighted by molar-refractivity contribution is -0.116. The van der Waals surface area contributed by atoms with Crippen LogP contribution in [0.25, 0.3) is 6.08 Å². The van der Waals surface area contributed by atoms with E-state index in [2.05, 4.69) is 0 Å². The molecule has 1 N–H and O–H groups in total. The molecular weight excluding hydrogens is 164 g/mol. The van der Waals surface area contributed by atoms with Gasteiger partial charge >= 0.3 is 0 Å². The minimum Gasteiger partial charge on any atom is -0.508 e. The van der Waals surface area contributed by atoms with E-state index >= 15 is 0 Å². The van der Waals surface area contributed by atoms with E-state index in [-0.39, 0.29) is 11.5 Å². The zero-order valence-electron chi connectivity index (χ0n) is 7.53. The van der Waals surface area contributed by atoms with Crippen LogP contribution in [-0.2, 0) is 4.79 Å². The van der Waals surface area contributed by atoms with Gasteiger partial charge in [-0.25, -0.2) is 0 Å². The molecule has 0 aliphatic carbocycles. The molecule has 1 aromatic rings. The van der Waals surface area contributed by atoms with Crippen LogP contribution in [0.3, 0.4) is 0 Å². The average molecular weight is 176 g/mol. The molecule has 0 atom stereocenters. The molecule has 2 heteroatoms. The van der Waals surface area contributed by atoms with Crippen molar-refractivity contribution >= 4 is 11.9 Å². The molecule has 0 aliphatic heterocycles. The normalized spacial score (nSPS) is 10.5. The van der Waals surface area contributed by atoms with Crippen LogP contribution in [0.15, 0.2) is 30.3 Å². The molecule has 0 amide bonds. The van der Waals surface area contributed by atoms with Crippen molar-refractivity contribution in [3.63, 3.8) is 0 Å². The highest BCUT2D eigenvalue weighted by atomic mass is 16.3. The van der Waals surface area contributed by atoms with E-state index in [0.717, 1.165) is 5.56 Å². The first-order valence-corrected chi connectivity index (χ1v) is 4.13. The summed E-state index contributed by atoms with van der Waals surface area (Å²) in [5.41, 5.74) is 0.985. The number of phenols is 1. The zero-order chi connectivity index (χ0) is 9.68. The maximum atomic E-state index is 10.6. The number of phenolic OH excluding ortho intramolecular Hbond substituents is 1. The van der Waals surface area contributed by atoms with E-state index in [1.165, 1.54) is 0 Å². The Morgan fingerprint density at radius 3 is 2.54 bits per heavy atom. The Bertz CT molecular complexity index is 309. The Balaban J connectivity index is 2.59. The molecular formula is C11H12O2. The molecule has 0 radical (unpaired) electrons. The summed E-state index contributed by atoms with van der Waals surface area (Å²) >= 11 is 0. The molecule has 68 valence electrons. The topological polar surface area (TPSA) is 37.3 Å². The van der Waals surface area contributed by atoms with Gasteiger partial charge in [-0.1, -0.05) is 24.3 Å². The molecule has 0 fully saturated rings. The maximum absolute atomic E-state index is 10.6. The van der Waals surface area contributed by atoms with Crippen molar-refractivity contribution < 1.29 is 9.90 Å². The lowest BCUT2D eigenvalue weighted by Crippen LogP contribution is -1.83. The second-order valence-corrected chi connectivity index (χ2v) is 2.90. The fourth-order valence-corrected chi connectivity index (χ4v) is 0.946. The monoisotopic (exact) mass is 176 g/mol. The minimum atomic E-state index is 0.148. The molecule has 0 aliphatic rings. The third kappa shape index (κ3) is 3.56. The lowest BCUT2D eigenvalue weighted by atomic mass is 10.2. The quantitative estimate of drug-likeness (QED) is 0.767. The van der Waals surface area contributed by atoms with Gasteiger partial charge in [0.05, 0.1) is 0 Å². The Kier molecular flexibility index (Phi) is 3.26. The number of carbonyl (C=O) groups excluding carboxylic acids is 1. The predicted molar refractivity (Wildman–Crippen MR) is 52.4 cm³/mol. The molecule has 0 heterocycles. The van der Waals surface area contributed by atoms with Crippen molar-refractivity contribution in [2.75, 3.05) is 0 Å². The first-order valence-electron chi connectivity index (χ1n) is 4.13. The predicted octanol–water partition coefficient (Wildman–Crippen LogP) is 2.38. The van der Waals surface area contributed by atoms with Crippen LogP contribution in [0.1, 0.15) is 18.9 Å². The summed E-state index contributed by atoms with van der Waals surface area (Å²) in [4.78, 5) is 10.6. The van der Waals surface area contributed by atoms with Crippen LogP contribution in [0, 0.1) is 0 Å². The molecule has 0 saturated heterocycles. The third-order valence-electron chi connectivity index (χ3n) is 1.61. The summed E-state index contributed by atoms with van der Waals surface area (Å²) in [6.07, 6.45) is 4.14. The number of Topliss-reactive ketones (excluding diaryl/α,β-unsaturated/α-hetero) is 1. The number of ketones is 1. The molecule has 0 bridgehead atoms. The Morgan fingerprint density at radius 1 is 1.38 bits per heavy atom. The van der Waals surface area contributed by atoms with Crippen molar-refractivity contribution in [1.82, 2.24) is 0 Å².